The Morgan fingerprint density at radius 3 is 2.07 bits per heavy atom. The fourth-order valence-corrected chi connectivity index (χ4v) is 2.37. The lowest BCUT2D eigenvalue weighted by atomic mass is 10.8. The second kappa shape index (κ2) is 3.16. The van der Waals surface area contributed by atoms with Crippen molar-refractivity contribution in [1.29, 1.82) is 0 Å². The number of nitrogens with two attached hydrogens (primary N) is 2. The molecular formula is C5H8N5O3P. The largest absolute Gasteiger partial charge is 0.398 e. The zero-order valence-electron chi connectivity index (χ0n) is 7.08. The summed E-state index contributed by atoms with van der Waals surface area (Å²) in [5.41, 5.74) is 10.5. The minimum absolute atomic E-state index is 0.109. The molecule has 1 aromatic rings. The van der Waals surface area contributed by atoms with E-state index in [9.17, 15) is 4.57 Å². The summed E-state index contributed by atoms with van der Waals surface area (Å²) in [5, 5.41) is 0. The van der Waals surface area contributed by atoms with Crippen LogP contribution < -0.4 is 17.0 Å². The highest BCUT2D eigenvalue weighted by molar-refractivity contribution is 7.61. The monoisotopic (exact) mass is 217 g/mol. The smallest absolute Gasteiger partial charge is 0.368 e. The predicted molar refractivity (Wildman–Crippen MR) is 47.8 cm³/mol. The lowest BCUT2D eigenvalue weighted by Crippen LogP contribution is -2.19. The van der Waals surface area contributed by atoms with E-state index >= 15 is 0 Å². The summed E-state index contributed by atoms with van der Waals surface area (Å²) in [4.78, 5) is 10.8. The van der Waals surface area contributed by atoms with Gasteiger partial charge in [-0.3, -0.25) is 4.57 Å². The van der Waals surface area contributed by atoms with Gasteiger partial charge in [0.25, 0.3) is 0 Å². The van der Waals surface area contributed by atoms with Gasteiger partial charge in [0.1, 0.15) is 0 Å². The molecule has 1 aromatic heterocycles. The number of hydrogen-bond acceptors (Lipinski definition) is 8. The highest BCUT2D eigenvalue weighted by Gasteiger charge is 2.36. The maximum Gasteiger partial charge on any atom is 0.398 e. The molecule has 1 aliphatic rings. The first-order valence-electron chi connectivity index (χ1n) is 3.77. The topological polar surface area (TPSA) is 126 Å². The Labute approximate surface area is 79.2 Å². The summed E-state index contributed by atoms with van der Waals surface area (Å²) >= 11 is 0. The number of rotatable bonds is 1. The van der Waals surface area contributed by atoms with E-state index in [1.165, 1.54) is 0 Å². The van der Waals surface area contributed by atoms with Crippen LogP contribution in [-0.2, 0) is 13.6 Å². The second-order valence-corrected chi connectivity index (χ2v) is 4.43. The van der Waals surface area contributed by atoms with E-state index < -0.39 is 7.60 Å². The van der Waals surface area contributed by atoms with Crippen molar-refractivity contribution in [2.24, 2.45) is 0 Å². The average molecular weight is 217 g/mol. The molecule has 1 fully saturated rings. The Hall–Kier alpha value is -1.24. The fourth-order valence-electron chi connectivity index (χ4n) is 0.987. The molecule has 0 aromatic carbocycles. The van der Waals surface area contributed by atoms with E-state index in [0.29, 0.717) is 0 Å². The fraction of sp³-hybridized carbons (Fsp3) is 0.400. The molecule has 2 rings (SSSR count). The first-order valence-corrected chi connectivity index (χ1v) is 5.31. The van der Waals surface area contributed by atoms with Crippen molar-refractivity contribution < 1.29 is 13.6 Å². The van der Waals surface area contributed by atoms with Crippen LogP contribution in [0.3, 0.4) is 0 Å². The molecule has 8 nitrogen and oxygen atoms in total. The van der Waals surface area contributed by atoms with Crippen LogP contribution >= 0.6 is 7.60 Å². The Morgan fingerprint density at radius 2 is 1.57 bits per heavy atom. The molecular weight excluding hydrogens is 209 g/mol. The van der Waals surface area contributed by atoms with Crippen LogP contribution in [0.4, 0.5) is 11.9 Å². The van der Waals surface area contributed by atoms with Gasteiger partial charge in [-0.2, -0.15) is 15.0 Å². The molecule has 14 heavy (non-hydrogen) atoms. The van der Waals surface area contributed by atoms with Crippen molar-refractivity contribution >= 4 is 25.1 Å². The van der Waals surface area contributed by atoms with Crippen molar-refractivity contribution in [1.82, 2.24) is 15.0 Å². The third kappa shape index (κ3) is 1.54. The van der Waals surface area contributed by atoms with Crippen molar-refractivity contribution in [3.8, 4) is 0 Å². The Morgan fingerprint density at radius 1 is 1.07 bits per heavy atom. The van der Waals surface area contributed by atoms with Crippen LogP contribution in [0.5, 0.6) is 0 Å². The molecule has 0 saturated carbocycles. The molecule has 9 heteroatoms. The molecule has 0 amide bonds. The highest BCUT2D eigenvalue weighted by Crippen LogP contribution is 2.49. The Bertz CT molecular complexity index is 380. The number of anilines is 2. The molecule has 0 spiro atoms. The van der Waals surface area contributed by atoms with E-state index in [1.54, 1.807) is 0 Å². The first kappa shape index (κ1) is 9.32. The van der Waals surface area contributed by atoms with Gasteiger partial charge in [0, 0.05) is 0 Å². The number of aromatic nitrogens is 3. The van der Waals surface area contributed by atoms with Crippen LogP contribution in [0.25, 0.3) is 0 Å². The quantitative estimate of drug-likeness (QED) is 0.567. The van der Waals surface area contributed by atoms with Crippen molar-refractivity contribution in [3.05, 3.63) is 0 Å². The molecule has 1 aliphatic heterocycles. The second-order valence-electron chi connectivity index (χ2n) is 2.52. The highest BCUT2D eigenvalue weighted by atomic mass is 31.2. The summed E-state index contributed by atoms with van der Waals surface area (Å²) in [7, 11) is -3.40. The lowest BCUT2D eigenvalue weighted by Gasteiger charge is -2.07. The summed E-state index contributed by atoms with van der Waals surface area (Å²) < 4.78 is 21.6. The Balaban J connectivity index is 2.45. The third-order valence-electron chi connectivity index (χ3n) is 1.51. The SMILES string of the molecule is Nc1nc(N)nc(P2(=O)OCCO2)n1. The van der Waals surface area contributed by atoms with Gasteiger partial charge >= 0.3 is 7.60 Å². The molecule has 0 aliphatic carbocycles. The van der Waals surface area contributed by atoms with Gasteiger partial charge in [0.15, 0.2) is 0 Å². The van der Waals surface area contributed by atoms with E-state index in [1.807, 2.05) is 0 Å². The Kier molecular flexibility index (Phi) is 2.10. The van der Waals surface area contributed by atoms with Crippen LogP contribution in [0, 0.1) is 0 Å². The predicted octanol–water partition coefficient (Wildman–Crippen LogP) is -1.10. The molecule has 0 atom stereocenters. The van der Waals surface area contributed by atoms with Crippen LogP contribution in [0.2, 0.25) is 0 Å². The molecule has 1 saturated heterocycles. The number of nitrogens with zero attached hydrogens (tertiary/aromatic N) is 3. The summed E-state index contributed by atoms with van der Waals surface area (Å²) in [6, 6.07) is 0. The molecule has 0 bridgehead atoms. The number of nitrogen functional groups attached to an aromatic ring is 2. The summed E-state index contributed by atoms with van der Waals surface area (Å²) in [5.74, 6) is -0.219. The van der Waals surface area contributed by atoms with Gasteiger partial charge in [-0.15, -0.1) is 0 Å². The van der Waals surface area contributed by atoms with Gasteiger partial charge in [-0.1, -0.05) is 0 Å². The van der Waals surface area contributed by atoms with E-state index in [-0.39, 0.29) is 30.7 Å². The average Bonchev–Trinajstić information content (AvgIpc) is 2.52. The van der Waals surface area contributed by atoms with Crippen LogP contribution in [0.15, 0.2) is 0 Å². The third-order valence-corrected chi connectivity index (χ3v) is 3.24. The molecule has 2 heterocycles. The van der Waals surface area contributed by atoms with E-state index in [4.69, 9.17) is 20.5 Å². The lowest BCUT2D eigenvalue weighted by molar-refractivity contribution is 0.363. The number of hydrogen-bond donors (Lipinski definition) is 2. The zero-order chi connectivity index (χ0) is 10.2. The van der Waals surface area contributed by atoms with Gasteiger partial charge in [-0.25, -0.2) is 0 Å². The van der Waals surface area contributed by atoms with E-state index in [0.717, 1.165) is 0 Å². The van der Waals surface area contributed by atoms with Gasteiger partial charge < -0.3 is 20.5 Å². The van der Waals surface area contributed by atoms with Crippen molar-refractivity contribution in [2.75, 3.05) is 24.7 Å². The van der Waals surface area contributed by atoms with Crippen molar-refractivity contribution in [3.63, 3.8) is 0 Å². The van der Waals surface area contributed by atoms with Gasteiger partial charge in [0.2, 0.25) is 17.5 Å². The van der Waals surface area contributed by atoms with Crippen molar-refractivity contribution in [2.45, 2.75) is 0 Å². The van der Waals surface area contributed by atoms with Crippen LogP contribution in [-0.4, -0.2) is 28.2 Å². The normalized spacial score (nSPS) is 19.7. The van der Waals surface area contributed by atoms with E-state index in [2.05, 4.69) is 15.0 Å². The first-order chi connectivity index (χ1) is 6.60. The maximum atomic E-state index is 11.8. The molecule has 0 unspecified atom stereocenters. The summed E-state index contributed by atoms with van der Waals surface area (Å²) in [6.07, 6.45) is 0. The zero-order valence-corrected chi connectivity index (χ0v) is 7.98. The molecule has 0 radical (unpaired) electrons. The maximum absolute atomic E-state index is 11.8. The molecule has 76 valence electrons. The molecule has 4 N–H and O–H groups in total. The van der Waals surface area contributed by atoms with Gasteiger partial charge in [-0.05, 0) is 0 Å². The summed E-state index contributed by atoms with van der Waals surface area (Å²) in [6.45, 7) is 0.478. The minimum atomic E-state index is -3.40. The van der Waals surface area contributed by atoms with Gasteiger partial charge in [0.05, 0.1) is 13.2 Å². The minimum Gasteiger partial charge on any atom is -0.368 e. The standard InChI is InChI=1S/C5H8N5O3P/c6-3-8-4(7)10-5(9-3)14(11)12-1-2-13-14/h1-2H2,(H4,6,7,8,9,10). The van der Waals surface area contributed by atoms with Crippen LogP contribution in [0.1, 0.15) is 0 Å².